The molecule has 0 saturated heterocycles. The number of hydrogen-bond donors (Lipinski definition) is 1. The number of benzene rings is 2. The van der Waals surface area contributed by atoms with Crippen molar-refractivity contribution >= 4 is 35.2 Å². The second kappa shape index (κ2) is 10.2. The minimum absolute atomic E-state index is 0.366. The van der Waals surface area contributed by atoms with Gasteiger partial charge in [0.1, 0.15) is 11.5 Å². The standard InChI is InChI=1S/C20H20ClNO5/c1-3-26-16-8-4-14(5-9-16)6-11-20(24)27-13-19(23)22-15-7-10-18(25-2)17(21)12-15/h4-12H,3,13H2,1-2H3,(H,22,23). The number of anilines is 1. The molecule has 0 radical (unpaired) electrons. The lowest BCUT2D eigenvalue weighted by Crippen LogP contribution is -2.20. The Morgan fingerprint density at radius 3 is 2.52 bits per heavy atom. The Hall–Kier alpha value is -2.99. The number of esters is 1. The molecule has 2 aromatic rings. The highest BCUT2D eigenvalue weighted by atomic mass is 35.5. The summed E-state index contributed by atoms with van der Waals surface area (Å²) in [6, 6.07) is 12.1. The Balaban J connectivity index is 1.80. The van der Waals surface area contributed by atoms with E-state index in [4.69, 9.17) is 25.8 Å². The molecule has 1 N–H and O–H groups in total. The van der Waals surface area contributed by atoms with E-state index in [-0.39, 0.29) is 0 Å². The van der Waals surface area contributed by atoms with Gasteiger partial charge in [0.05, 0.1) is 18.7 Å². The van der Waals surface area contributed by atoms with Crippen molar-refractivity contribution in [2.45, 2.75) is 6.92 Å². The molecular weight excluding hydrogens is 370 g/mol. The number of carbonyl (C=O) groups excluding carboxylic acids is 2. The number of hydrogen-bond acceptors (Lipinski definition) is 5. The first-order valence-electron chi connectivity index (χ1n) is 8.23. The average Bonchev–Trinajstić information content (AvgIpc) is 2.66. The minimum Gasteiger partial charge on any atom is -0.495 e. The summed E-state index contributed by atoms with van der Waals surface area (Å²) in [7, 11) is 1.50. The maximum Gasteiger partial charge on any atom is 0.331 e. The maximum atomic E-state index is 11.9. The van der Waals surface area contributed by atoms with Crippen molar-refractivity contribution in [1.82, 2.24) is 0 Å². The first-order chi connectivity index (χ1) is 13.0. The van der Waals surface area contributed by atoms with E-state index in [0.29, 0.717) is 23.1 Å². The van der Waals surface area contributed by atoms with Gasteiger partial charge in [-0.05, 0) is 48.9 Å². The molecular formula is C20H20ClNO5. The fourth-order valence-corrected chi connectivity index (χ4v) is 2.39. The van der Waals surface area contributed by atoms with E-state index in [1.807, 2.05) is 31.2 Å². The van der Waals surface area contributed by atoms with E-state index in [1.165, 1.54) is 13.2 Å². The molecule has 0 fully saturated rings. The van der Waals surface area contributed by atoms with Crippen LogP contribution in [0.25, 0.3) is 6.08 Å². The van der Waals surface area contributed by atoms with Gasteiger partial charge in [-0.25, -0.2) is 4.79 Å². The largest absolute Gasteiger partial charge is 0.495 e. The zero-order valence-electron chi connectivity index (χ0n) is 15.0. The fraction of sp³-hybridized carbons (Fsp3) is 0.200. The van der Waals surface area contributed by atoms with Crippen LogP contribution in [-0.2, 0) is 14.3 Å². The molecule has 2 rings (SSSR count). The third kappa shape index (κ3) is 6.67. The summed E-state index contributed by atoms with van der Waals surface area (Å²) < 4.78 is 15.3. The lowest BCUT2D eigenvalue weighted by atomic mass is 10.2. The van der Waals surface area contributed by atoms with Crippen molar-refractivity contribution in [2.24, 2.45) is 0 Å². The number of halogens is 1. The quantitative estimate of drug-likeness (QED) is 0.546. The Morgan fingerprint density at radius 2 is 1.89 bits per heavy atom. The Morgan fingerprint density at radius 1 is 1.15 bits per heavy atom. The van der Waals surface area contributed by atoms with E-state index < -0.39 is 18.5 Å². The first kappa shape index (κ1) is 20.3. The summed E-state index contributed by atoms with van der Waals surface area (Å²) in [6.07, 6.45) is 2.85. The molecule has 0 atom stereocenters. The Kier molecular flexibility index (Phi) is 7.70. The summed E-state index contributed by atoms with van der Waals surface area (Å²) in [5.41, 5.74) is 1.29. The SMILES string of the molecule is CCOc1ccc(C=CC(=O)OCC(=O)Nc2ccc(OC)c(Cl)c2)cc1. The summed E-state index contributed by atoms with van der Waals surface area (Å²) in [6.45, 7) is 2.09. The Bertz CT molecular complexity index is 818. The molecule has 0 unspecified atom stereocenters. The van der Waals surface area contributed by atoms with Gasteiger partial charge in [0.2, 0.25) is 0 Å². The zero-order valence-corrected chi connectivity index (χ0v) is 15.8. The molecule has 0 bridgehead atoms. The van der Waals surface area contributed by atoms with Gasteiger partial charge in [0.15, 0.2) is 6.61 Å². The smallest absolute Gasteiger partial charge is 0.331 e. The topological polar surface area (TPSA) is 73.9 Å². The number of amides is 1. The second-order valence-electron chi connectivity index (χ2n) is 5.34. The van der Waals surface area contributed by atoms with Crippen molar-refractivity contribution in [3.05, 3.63) is 59.1 Å². The van der Waals surface area contributed by atoms with Gasteiger partial charge in [0.25, 0.3) is 5.91 Å². The van der Waals surface area contributed by atoms with Gasteiger partial charge in [0, 0.05) is 11.8 Å². The predicted octanol–water partition coefficient (Wildman–Crippen LogP) is 3.94. The number of methoxy groups -OCH3 is 1. The molecule has 0 aliphatic heterocycles. The fourth-order valence-electron chi connectivity index (χ4n) is 2.13. The minimum atomic E-state index is -0.619. The molecule has 1 amide bonds. The van der Waals surface area contributed by atoms with Gasteiger partial charge < -0.3 is 19.5 Å². The monoisotopic (exact) mass is 389 g/mol. The second-order valence-corrected chi connectivity index (χ2v) is 5.75. The molecule has 142 valence electrons. The summed E-state index contributed by atoms with van der Waals surface area (Å²) >= 11 is 5.99. The van der Waals surface area contributed by atoms with Crippen LogP contribution in [0.4, 0.5) is 5.69 Å². The van der Waals surface area contributed by atoms with E-state index in [2.05, 4.69) is 5.32 Å². The molecule has 0 spiro atoms. The highest BCUT2D eigenvalue weighted by Gasteiger charge is 2.08. The molecule has 0 aliphatic carbocycles. The maximum absolute atomic E-state index is 11.9. The number of rotatable bonds is 8. The lowest BCUT2D eigenvalue weighted by Gasteiger charge is -2.08. The summed E-state index contributed by atoms with van der Waals surface area (Å²) in [5, 5.41) is 2.95. The normalized spacial score (nSPS) is 10.5. The van der Waals surface area contributed by atoms with Crippen LogP contribution in [0.15, 0.2) is 48.5 Å². The van der Waals surface area contributed by atoms with Crippen LogP contribution in [0.5, 0.6) is 11.5 Å². The third-order valence-electron chi connectivity index (χ3n) is 3.38. The number of ether oxygens (including phenoxy) is 3. The predicted molar refractivity (Wildman–Crippen MR) is 104 cm³/mol. The van der Waals surface area contributed by atoms with Gasteiger partial charge >= 0.3 is 5.97 Å². The van der Waals surface area contributed by atoms with Crippen LogP contribution in [0.1, 0.15) is 12.5 Å². The summed E-state index contributed by atoms with van der Waals surface area (Å²) in [4.78, 5) is 23.6. The third-order valence-corrected chi connectivity index (χ3v) is 3.68. The van der Waals surface area contributed by atoms with Gasteiger partial charge in [-0.15, -0.1) is 0 Å². The molecule has 0 aromatic heterocycles. The van der Waals surface area contributed by atoms with Crippen LogP contribution in [0, 0.1) is 0 Å². The Labute approximate surface area is 162 Å². The van der Waals surface area contributed by atoms with Crippen molar-refractivity contribution in [2.75, 3.05) is 25.6 Å². The van der Waals surface area contributed by atoms with Crippen molar-refractivity contribution in [3.63, 3.8) is 0 Å². The van der Waals surface area contributed by atoms with E-state index in [1.54, 1.807) is 24.3 Å². The highest BCUT2D eigenvalue weighted by Crippen LogP contribution is 2.27. The van der Waals surface area contributed by atoms with Crippen LogP contribution in [0.2, 0.25) is 5.02 Å². The van der Waals surface area contributed by atoms with E-state index >= 15 is 0 Å². The van der Waals surface area contributed by atoms with Crippen molar-refractivity contribution in [1.29, 1.82) is 0 Å². The molecule has 7 heteroatoms. The van der Waals surface area contributed by atoms with Crippen molar-refractivity contribution in [3.8, 4) is 11.5 Å². The zero-order chi connectivity index (χ0) is 19.6. The van der Waals surface area contributed by atoms with E-state index in [9.17, 15) is 9.59 Å². The molecule has 2 aromatic carbocycles. The van der Waals surface area contributed by atoms with Crippen LogP contribution < -0.4 is 14.8 Å². The molecule has 0 heterocycles. The van der Waals surface area contributed by atoms with Gasteiger partial charge in [-0.3, -0.25) is 4.79 Å². The molecule has 27 heavy (non-hydrogen) atoms. The molecule has 0 aliphatic rings. The summed E-state index contributed by atoms with van der Waals surface area (Å²) in [5.74, 6) is 0.166. The molecule has 6 nitrogen and oxygen atoms in total. The first-order valence-corrected chi connectivity index (χ1v) is 8.60. The van der Waals surface area contributed by atoms with Gasteiger partial charge in [-0.2, -0.15) is 0 Å². The number of nitrogens with one attached hydrogen (secondary N) is 1. The number of carbonyl (C=O) groups is 2. The average molecular weight is 390 g/mol. The van der Waals surface area contributed by atoms with E-state index in [0.717, 1.165) is 11.3 Å². The lowest BCUT2D eigenvalue weighted by molar-refractivity contribution is -0.142. The van der Waals surface area contributed by atoms with Crippen molar-refractivity contribution < 1.29 is 23.8 Å². The van der Waals surface area contributed by atoms with Crippen LogP contribution in [-0.4, -0.2) is 32.2 Å². The van der Waals surface area contributed by atoms with Crippen LogP contribution >= 0.6 is 11.6 Å². The van der Waals surface area contributed by atoms with Gasteiger partial charge in [-0.1, -0.05) is 23.7 Å². The molecule has 0 saturated carbocycles. The highest BCUT2D eigenvalue weighted by molar-refractivity contribution is 6.32. The van der Waals surface area contributed by atoms with Crippen LogP contribution in [0.3, 0.4) is 0 Å².